The standard InChI is InChI=1S/C12H11O8P/c13-11(14)7-1-2-9-8(5-7)6-10(20-9)12(15)19-3-4-21(16,17)18/h1-2,5-6H,3-4H2,(H,13,14)(H2,16,17,18). The van der Waals surface area contributed by atoms with Crippen molar-refractivity contribution in [2.24, 2.45) is 0 Å². The topological polar surface area (TPSA) is 134 Å². The Hall–Kier alpha value is -2.15. The summed E-state index contributed by atoms with van der Waals surface area (Å²) in [4.78, 5) is 39.7. The highest BCUT2D eigenvalue weighted by atomic mass is 31.2. The first-order valence-corrected chi connectivity index (χ1v) is 7.54. The van der Waals surface area contributed by atoms with Gasteiger partial charge >= 0.3 is 19.5 Å². The minimum Gasteiger partial charge on any atom is -0.478 e. The van der Waals surface area contributed by atoms with Gasteiger partial charge in [-0.15, -0.1) is 0 Å². The zero-order valence-corrected chi connectivity index (χ0v) is 11.4. The molecule has 1 heterocycles. The lowest BCUT2D eigenvalue weighted by atomic mass is 10.1. The summed E-state index contributed by atoms with van der Waals surface area (Å²) >= 11 is 0. The number of benzene rings is 1. The molecule has 0 saturated heterocycles. The minimum atomic E-state index is -4.23. The average molecular weight is 314 g/mol. The van der Waals surface area contributed by atoms with Crippen molar-refractivity contribution in [1.82, 2.24) is 0 Å². The smallest absolute Gasteiger partial charge is 0.374 e. The van der Waals surface area contributed by atoms with Gasteiger partial charge in [0.25, 0.3) is 0 Å². The number of hydrogen-bond acceptors (Lipinski definition) is 5. The van der Waals surface area contributed by atoms with Gasteiger partial charge in [-0.05, 0) is 24.3 Å². The van der Waals surface area contributed by atoms with E-state index in [9.17, 15) is 14.2 Å². The largest absolute Gasteiger partial charge is 0.478 e. The molecule has 0 aliphatic heterocycles. The van der Waals surface area contributed by atoms with Gasteiger partial charge in [0.2, 0.25) is 5.76 Å². The molecule has 2 rings (SSSR count). The maximum Gasteiger partial charge on any atom is 0.374 e. The van der Waals surface area contributed by atoms with Crippen molar-refractivity contribution in [1.29, 1.82) is 0 Å². The summed E-state index contributed by atoms with van der Waals surface area (Å²) < 4.78 is 20.5. The summed E-state index contributed by atoms with van der Waals surface area (Å²) in [6, 6.07) is 5.39. The summed E-state index contributed by atoms with van der Waals surface area (Å²) in [6.45, 7) is -0.444. The van der Waals surface area contributed by atoms with Gasteiger partial charge in [0.1, 0.15) is 12.2 Å². The van der Waals surface area contributed by atoms with Crippen LogP contribution < -0.4 is 0 Å². The molecule has 8 nitrogen and oxygen atoms in total. The van der Waals surface area contributed by atoms with Gasteiger partial charge in [-0.1, -0.05) is 0 Å². The number of furan rings is 1. The lowest BCUT2D eigenvalue weighted by Crippen LogP contribution is -2.08. The highest BCUT2D eigenvalue weighted by Gasteiger charge is 2.18. The number of carbonyl (C=O) groups excluding carboxylic acids is 1. The van der Waals surface area contributed by atoms with Crippen molar-refractivity contribution >= 4 is 30.5 Å². The molecule has 0 atom stereocenters. The number of esters is 1. The molecule has 21 heavy (non-hydrogen) atoms. The molecular formula is C12H11O8P. The van der Waals surface area contributed by atoms with E-state index in [0.717, 1.165) is 0 Å². The molecule has 0 fully saturated rings. The number of rotatable bonds is 5. The first-order chi connectivity index (χ1) is 9.76. The maximum atomic E-state index is 11.6. The number of carbonyl (C=O) groups is 2. The Bertz CT molecular complexity index is 741. The van der Waals surface area contributed by atoms with Gasteiger partial charge < -0.3 is 24.0 Å². The highest BCUT2D eigenvalue weighted by Crippen LogP contribution is 2.33. The molecule has 0 bridgehead atoms. The molecule has 2 aromatic rings. The van der Waals surface area contributed by atoms with Crippen LogP contribution in [0, 0.1) is 0 Å². The third kappa shape index (κ3) is 3.91. The molecule has 1 aromatic heterocycles. The van der Waals surface area contributed by atoms with Crippen LogP contribution in [-0.2, 0) is 9.30 Å². The monoisotopic (exact) mass is 314 g/mol. The van der Waals surface area contributed by atoms with E-state index < -0.39 is 32.3 Å². The number of carboxylic acids is 1. The van der Waals surface area contributed by atoms with Crippen molar-refractivity contribution in [3.05, 3.63) is 35.6 Å². The fourth-order valence-electron chi connectivity index (χ4n) is 1.61. The molecule has 0 aliphatic carbocycles. The molecule has 9 heteroatoms. The molecule has 112 valence electrons. The van der Waals surface area contributed by atoms with Gasteiger partial charge in [0.15, 0.2) is 0 Å². The second-order valence-corrected chi connectivity index (χ2v) is 5.97. The molecular weight excluding hydrogens is 303 g/mol. The summed E-state index contributed by atoms with van der Waals surface area (Å²) in [6.07, 6.45) is -0.581. The van der Waals surface area contributed by atoms with Crippen LogP contribution in [0.25, 0.3) is 11.0 Å². The van der Waals surface area contributed by atoms with Crippen LogP contribution in [0.4, 0.5) is 0 Å². The Morgan fingerprint density at radius 1 is 1.24 bits per heavy atom. The molecule has 0 radical (unpaired) electrons. The molecule has 0 aliphatic rings. The van der Waals surface area contributed by atoms with Crippen LogP contribution in [0.5, 0.6) is 0 Å². The first-order valence-electron chi connectivity index (χ1n) is 5.75. The van der Waals surface area contributed by atoms with E-state index >= 15 is 0 Å². The van der Waals surface area contributed by atoms with Gasteiger partial charge in [0.05, 0.1) is 11.7 Å². The number of ether oxygens (including phenoxy) is 1. The summed E-state index contributed by atoms with van der Waals surface area (Å²) in [5.74, 6) is -2.15. The van der Waals surface area contributed by atoms with Crippen molar-refractivity contribution in [3.8, 4) is 0 Å². The van der Waals surface area contributed by atoms with E-state index in [1.165, 1.54) is 24.3 Å². The zero-order chi connectivity index (χ0) is 15.6. The average Bonchev–Trinajstić information content (AvgIpc) is 2.79. The van der Waals surface area contributed by atoms with Gasteiger partial charge in [-0.3, -0.25) is 4.57 Å². The Kier molecular flexibility index (Phi) is 4.13. The molecule has 0 spiro atoms. The third-order valence-corrected chi connectivity index (χ3v) is 3.35. The predicted molar refractivity (Wildman–Crippen MR) is 70.4 cm³/mol. The Labute approximate surface area is 118 Å². The second kappa shape index (κ2) is 5.69. The van der Waals surface area contributed by atoms with Gasteiger partial charge in [-0.25, -0.2) is 9.59 Å². The third-order valence-electron chi connectivity index (χ3n) is 2.58. The van der Waals surface area contributed by atoms with E-state index in [1.807, 2.05) is 0 Å². The second-order valence-electron chi connectivity index (χ2n) is 4.19. The first kappa shape index (κ1) is 15.2. The maximum absolute atomic E-state index is 11.6. The molecule has 1 aromatic carbocycles. The lowest BCUT2D eigenvalue weighted by molar-refractivity contribution is 0.0491. The van der Waals surface area contributed by atoms with E-state index in [0.29, 0.717) is 11.0 Å². The van der Waals surface area contributed by atoms with E-state index in [-0.39, 0.29) is 11.3 Å². The van der Waals surface area contributed by atoms with Gasteiger partial charge in [-0.2, -0.15) is 0 Å². The molecule has 0 saturated carbocycles. The molecule has 0 amide bonds. The molecule has 0 unspecified atom stereocenters. The van der Waals surface area contributed by atoms with E-state index in [2.05, 4.69) is 4.74 Å². The highest BCUT2D eigenvalue weighted by molar-refractivity contribution is 7.51. The fourth-order valence-corrected chi connectivity index (χ4v) is 1.93. The fraction of sp³-hybridized carbons (Fsp3) is 0.167. The minimum absolute atomic E-state index is 0.0460. The van der Waals surface area contributed by atoms with Crippen LogP contribution in [0.15, 0.2) is 28.7 Å². The van der Waals surface area contributed by atoms with Crippen molar-refractivity contribution < 1.29 is 38.2 Å². The van der Waals surface area contributed by atoms with Crippen LogP contribution in [0.1, 0.15) is 20.9 Å². The predicted octanol–water partition coefficient (Wildman–Crippen LogP) is 1.47. The number of carboxylic acid groups (broad SMARTS) is 1. The van der Waals surface area contributed by atoms with Crippen LogP contribution in [0.3, 0.4) is 0 Å². The van der Waals surface area contributed by atoms with Crippen molar-refractivity contribution in [2.45, 2.75) is 0 Å². The number of fused-ring (bicyclic) bond motifs is 1. The van der Waals surface area contributed by atoms with E-state index in [1.54, 1.807) is 0 Å². The summed E-state index contributed by atoms with van der Waals surface area (Å²) in [5.41, 5.74) is 0.353. The number of aromatic carboxylic acids is 1. The normalized spacial score (nSPS) is 11.5. The quantitative estimate of drug-likeness (QED) is 0.558. The summed E-state index contributed by atoms with van der Waals surface area (Å²) in [7, 11) is -4.23. The van der Waals surface area contributed by atoms with Crippen molar-refractivity contribution in [3.63, 3.8) is 0 Å². The summed E-state index contributed by atoms with van der Waals surface area (Å²) in [5, 5.41) is 9.27. The van der Waals surface area contributed by atoms with Crippen LogP contribution in [0.2, 0.25) is 0 Å². The SMILES string of the molecule is O=C(O)c1ccc2oc(C(=O)OCCP(=O)(O)O)cc2c1. The van der Waals surface area contributed by atoms with Gasteiger partial charge in [0, 0.05) is 5.39 Å². The number of hydrogen-bond donors (Lipinski definition) is 3. The molecule has 3 N–H and O–H groups in total. The Morgan fingerprint density at radius 3 is 2.57 bits per heavy atom. The zero-order valence-electron chi connectivity index (χ0n) is 10.6. The van der Waals surface area contributed by atoms with Crippen LogP contribution in [-0.4, -0.2) is 39.6 Å². The van der Waals surface area contributed by atoms with Crippen LogP contribution >= 0.6 is 7.60 Å². The lowest BCUT2D eigenvalue weighted by Gasteiger charge is -2.03. The van der Waals surface area contributed by atoms with Crippen molar-refractivity contribution in [2.75, 3.05) is 12.8 Å². The van der Waals surface area contributed by atoms with E-state index in [4.69, 9.17) is 19.3 Å². The Balaban J connectivity index is 2.13. The Morgan fingerprint density at radius 2 is 1.95 bits per heavy atom.